The number of H-pyrrole nitrogens is 1. The summed E-state index contributed by atoms with van der Waals surface area (Å²) >= 11 is 12.4. The van der Waals surface area contributed by atoms with Gasteiger partial charge in [0, 0.05) is 17.8 Å². The Bertz CT molecular complexity index is 874. The third kappa shape index (κ3) is 2.61. The first-order chi connectivity index (χ1) is 11.1. The molecule has 1 unspecified atom stereocenters. The molecule has 0 saturated heterocycles. The van der Waals surface area contributed by atoms with Crippen molar-refractivity contribution >= 4 is 34.2 Å². The summed E-state index contributed by atoms with van der Waals surface area (Å²) in [5.74, 6) is 0.489. The molecule has 4 rings (SSSR count). The summed E-state index contributed by atoms with van der Waals surface area (Å²) in [6.07, 6.45) is 5.15. The Morgan fingerprint density at radius 2 is 2.09 bits per heavy atom. The normalized spacial score (nSPS) is 21.2. The minimum atomic E-state index is 0.304. The average molecular weight is 347 g/mol. The number of benzene rings is 1. The van der Waals surface area contributed by atoms with Gasteiger partial charge in [0.05, 0.1) is 15.6 Å². The molecule has 0 radical (unpaired) electrons. The fourth-order valence-electron chi connectivity index (χ4n) is 3.34. The molecule has 2 atom stereocenters. The van der Waals surface area contributed by atoms with Crippen LogP contribution in [0.4, 0.5) is 0 Å². The van der Waals surface area contributed by atoms with E-state index in [0.717, 1.165) is 41.6 Å². The second-order valence-corrected chi connectivity index (χ2v) is 6.89. The summed E-state index contributed by atoms with van der Waals surface area (Å²) in [6.45, 7) is 0. The van der Waals surface area contributed by atoms with Crippen molar-refractivity contribution in [2.24, 2.45) is 5.73 Å². The van der Waals surface area contributed by atoms with Gasteiger partial charge in [-0.1, -0.05) is 35.3 Å². The molecule has 23 heavy (non-hydrogen) atoms. The summed E-state index contributed by atoms with van der Waals surface area (Å²) in [7, 11) is 0. The number of pyridine rings is 1. The lowest BCUT2D eigenvalue weighted by Crippen LogP contribution is -2.14. The van der Waals surface area contributed by atoms with Crippen molar-refractivity contribution in [3.8, 4) is 11.3 Å². The van der Waals surface area contributed by atoms with Crippen LogP contribution in [0.2, 0.25) is 10.0 Å². The van der Waals surface area contributed by atoms with Gasteiger partial charge in [0.1, 0.15) is 11.2 Å². The van der Waals surface area contributed by atoms with E-state index in [0.29, 0.717) is 22.0 Å². The first-order valence-corrected chi connectivity index (χ1v) is 8.43. The van der Waals surface area contributed by atoms with E-state index in [1.807, 2.05) is 18.3 Å². The number of rotatable bonds is 2. The lowest BCUT2D eigenvalue weighted by atomic mass is 9.98. The molecule has 1 fully saturated rings. The second kappa shape index (κ2) is 5.78. The van der Waals surface area contributed by atoms with E-state index in [9.17, 15) is 0 Å². The Hall–Kier alpha value is -1.62. The van der Waals surface area contributed by atoms with Crippen LogP contribution >= 0.6 is 23.2 Å². The molecular weight excluding hydrogens is 331 g/mol. The van der Waals surface area contributed by atoms with Gasteiger partial charge in [-0.25, -0.2) is 0 Å². The van der Waals surface area contributed by atoms with E-state index in [4.69, 9.17) is 28.9 Å². The lowest BCUT2D eigenvalue weighted by Gasteiger charge is -2.09. The molecule has 1 saturated carbocycles. The highest BCUT2D eigenvalue weighted by Gasteiger charge is 2.24. The minimum absolute atomic E-state index is 0.304. The van der Waals surface area contributed by atoms with Gasteiger partial charge in [-0.3, -0.25) is 10.1 Å². The zero-order valence-corrected chi connectivity index (χ0v) is 13.9. The first kappa shape index (κ1) is 14.9. The highest BCUT2D eigenvalue weighted by atomic mass is 35.5. The molecule has 0 amide bonds. The van der Waals surface area contributed by atoms with Crippen molar-refractivity contribution in [2.75, 3.05) is 0 Å². The minimum Gasteiger partial charge on any atom is -0.328 e. The molecule has 2 heterocycles. The molecule has 6 heteroatoms. The summed E-state index contributed by atoms with van der Waals surface area (Å²) in [4.78, 5) is 4.62. The van der Waals surface area contributed by atoms with E-state index in [1.54, 1.807) is 6.07 Å². The van der Waals surface area contributed by atoms with Gasteiger partial charge in [0.15, 0.2) is 0 Å². The Labute approximate surface area is 144 Å². The van der Waals surface area contributed by atoms with Crippen molar-refractivity contribution in [1.29, 1.82) is 0 Å². The molecule has 1 aliphatic rings. The van der Waals surface area contributed by atoms with Crippen LogP contribution < -0.4 is 5.73 Å². The van der Waals surface area contributed by atoms with Crippen molar-refractivity contribution < 1.29 is 0 Å². The van der Waals surface area contributed by atoms with Crippen molar-refractivity contribution in [1.82, 2.24) is 15.2 Å². The van der Waals surface area contributed by atoms with Crippen LogP contribution in [0, 0.1) is 0 Å². The number of aromatic amines is 1. The number of aromatic nitrogens is 3. The van der Waals surface area contributed by atoms with Gasteiger partial charge in [0.2, 0.25) is 0 Å². The molecule has 1 aliphatic carbocycles. The number of fused-ring (bicyclic) bond motifs is 1. The van der Waals surface area contributed by atoms with Gasteiger partial charge in [-0.15, -0.1) is 0 Å². The van der Waals surface area contributed by atoms with Crippen LogP contribution in [0.3, 0.4) is 0 Å². The van der Waals surface area contributed by atoms with Gasteiger partial charge < -0.3 is 5.73 Å². The van der Waals surface area contributed by atoms with Crippen LogP contribution in [0.25, 0.3) is 22.3 Å². The Kier molecular flexibility index (Phi) is 3.76. The molecule has 0 aliphatic heterocycles. The summed E-state index contributed by atoms with van der Waals surface area (Å²) in [5, 5.41) is 8.46. The Morgan fingerprint density at radius 3 is 2.87 bits per heavy atom. The van der Waals surface area contributed by atoms with Crippen LogP contribution in [0.15, 0.2) is 30.5 Å². The molecule has 3 aromatic rings. The van der Waals surface area contributed by atoms with E-state index >= 15 is 0 Å². The van der Waals surface area contributed by atoms with E-state index in [1.165, 1.54) is 5.56 Å². The average Bonchev–Trinajstić information content (AvgIpc) is 3.16. The Morgan fingerprint density at radius 1 is 1.22 bits per heavy atom. The maximum Gasteiger partial charge on any atom is 0.120 e. The highest BCUT2D eigenvalue weighted by molar-refractivity contribution is 6.43. The quantitative estimate of drug-likeness (QED) is 0.716. The number of nitrogens with zero attached hydrogens (tertiary/aromatic N) is 2. The number of hydrogen-bond donors (Lipinski definition) is 2. The highest BCUT2D eigenvalue weighted by Crippen LogP contribution is 2.37. The maximum atomic E-state index is 6.31. The van der Waals surface area contributed by atoms with E-state index in [2.05, 4.69) is 21.2 Å². The molecule has 1 aromatic carbocycles. The number of halogens is 2. The first-order valence-electron chi connectivity index (χ1n) is 7.67. The third-order valence-electron chi connectivity index (χ3n) is 4.57. The van der Waals surface area contributed by atoms with E-state index in [-0.39, 0.29) is 0 Å². The number of hydrogen-bond acceptors (Lipinski definition) is 3. The molecular formula is C17H16Cl2N4. The van der Waals surface area contributed by atoms with Gasteiger partial charge >= 0.3 is 0 Å². The van der Waals surface area contributed by atoms with E-state index < -0.39 is 0 Å². The van der Waals surface area contributed by atoms with Crippen LogP contribution in [-0.4, -0.2) is 21.2 Å². The summed E-state index contributed by atoms with van der Waals surface area (Å²) < 4.78 is 0. The maximum absolute atomic E-state index is 6.31. The van der Waals surface area contributed by atoms with Crippen molar-refractivity contribution in [3.05, 3.63) is 46.1 Å². The molecule has 3 N–H and O–H groups in total. The number of nitrogens with one attached hydrogen (secondary N) is 1. The van der Waals surface area contributed by atoms with Gasteiger partial charge in [-0.05, 0) is 42.9 Å². The number of nitrogens with two attached hydrogens (primary N) is 1. The van der Waals surface area contributed by atoms with Crippen molar-refractivity contribution in [2.45, 2.75) is 31.2 Å². The van der Waals surface area contributed by atoms with Crippen LogP contribution in [0.1, 0.15) is 30.7 Å². The third-order valence-corrected chi connectivity index (χ3v) is 5.39. The second-order valence-electron chi connectivity index (χ2n) is 6.11. The Balaban J connectivity index is 1.77. The zero-order valence-electron chi connectivity index (χ0n) is 12.4. The SMILES string of the molecule is N[C@@H]1CCC(c2cnc3c(-c4cccc(Cl)c4Cl)n[nH]c3c2)C1. The molecule has 4 nitrogen and oxygen atoms in total. The lowest BCUT2D eigenvalue weighted by molar-refractivity contribution is 0.674. The van der Waals surface area contributed by atoms with Crippen molar-refractivity contribution in [3.63, 3.8) is 0 Å². The molecule has 0 bridgehead atoms. The zero-order chi connectivity index (χ0) is 16.0. The molecule has 118 valence electrons. The predicted octanol–water partition coefficient (Wildman–Crippen LogP) is 4.53. The standard InChI is InChI=1S/C17H16Cl2N4/c18-13-3-1-2-12(15(13)19)16-17-14(22-23-16)7-10(8-21-17)9-4-5-11(20)6-9/h1-3,7-9,11H,4-6,20H2,(H,22,23)/t9?,11-/m1/s1. The largest absolute Gasteiger partial charge is 0.328 e. The fourth-order valence-corrected chi connectivity index (χ4v) is 3.73. The fraction of sp³-hybridized carbons (Fsp3) is 0.294. The smallest absolute Gasteiger partial charge is 0.120 e. The predicted molar refractivity (Wildman–Crippen MR) is 93.9 cm³/mol. The van der Waals surface area contributed by atoms with Gasteiger partial charge in [0.25, 0.3) is 0 Å². The molecule has 0 spiro atoms. The molecule has 2 aromatic heterocycles. The monoisotopic (exact) mass is 346 g/mol. The topological polar surface area (TPSA) is 67.6 Å². The van der Waals surface area contributed by atoms with Gasteiger partial charge in [-0.2, -0.15) is 5.10 Å². The van der Waals surface area contributed by atoms with Crippen LogP contribution in [-0.2, 0) is 0 Å². The summed E-state index contributed by atoms with van der Waals surface area (Å²) in [5.41, 5.74) is 10.5. The summed E-state index contributed by atoms with van der Waals surface area (Å²) in [6, 6.07) is 7.95. The van der Waals surface area contributed by atoms with Crippen LogP contribution in [0.5, 0.6) is 0 Å².